The topological polar surface area (TPSA) is 15.3 Å². The number of hydrogen-bond acceptors (Lipinski definition) is 2. The van der Waals surface area contributed by atoms with Crippen LogP contribution in [-0.2, 0) is 6.54 Å². The minimum Gasteiger partial charge on any atom is -0.344 e. The first-order valence-electron chi connectivity index (χ1n) is 6.76. The fourth-order valence-corrected chi connectivity index (χ4v) is 2.69. The van der Waals surface area contributed by atoms with Crippen molar-refractivity contribution in [3.05, 3.63) is 58.1 Å². The van der Waals surface area contributed by atoms with Crippen molar-refractivity contribution in [1.29, 1.82) is 0 Å². The number of hydrogen-bond donors (Lipinski definition) is 1. The summed E-state index contributed by atoms with van der Waals surface area (Å²) in [5.74, 6) is 0. The van der Waals surface area contributed by atoms with Gasteiger partial charge in [-0.25, -0.2) is 0 Å². The Morgan fingerprint density at radius 1 is 1.05 bits per heavy atom. The summed E-state index contributed by atoms with van der Waals surface area (Å²) in [6.45, 7) is 5.05. The number of anilines is 2. The maximum absolute atomic E-state index is 6.11. The fraction of sp³-hybridized carbons (Fsp3) is 0.294. The van der Waals surface area contributed by atoms with E-state index in [0.717, 1.165) is 11.6 Å². The summed E-state index contributed by atoms with van der Waals surface area (Å²) < 4.78 is 0. The smallest absolute Gasteiger partial charge is 0.0454 e. The minimum atomic E-state index is 0.771. The lowest BCUT2D eigenvalue weighted by atomic mass is 10.1. The average molecular weight is 289 g/mol. The van der Waals surface area contributed by atoms with Gasteiger partial charge in [-0.1, -0.05) is 17.7 Å². The van der Waals surface area contributed by atoms with Gasteiger partial charge in [0.1, 0.15) is 0 Å². The van der Waals surface area contributed by atoms with E-state index in [2.05, 4.69) is 55.4 Å². The number of rotatable bonds is 4. The highest BCUT2D eigenvalue weighted by Gasteiger charge is 2.10. The number of benzene rings is 2. The SMILES string of the molecule is CNCc1cc(Cl)ccc1N(C)c1cc(C)cc(C)c1. The highest BCUT2D eigenvalue weighted by atomic mass is 35.5. The Balaban J connectivity index is 2.44. The van der Waals surface area contributed by atoms with Gasteiger partial charge in [-0.15, -0.1) is 0 Å². The van der Waals surface area contributed by atoms with Gasteiger partial charge in [-0.2, -0.15) is 0 Å². The molecule has 0 saturated carbocycles. The summed E-state index contributed by atoms with van der Waals surface area (Å²) in [7, 11) is 4.04. The fourth-order valence-electron chi connectivity index (χ4n) is 2.50. The molecule has 0 atom stereocenters. The highest BCUT2D eigenvalue weighted by Crippen LogP contribution is 2.30. The molecule has 0 bridgehead atoms. The Kier molecular flexibility index (Phi) is 4.69. The second kappa shape index (κ2) is 6.29. The van der Waals surface area contributed by atoms with Gasteiger partial charge >= 0.3 is 0 Å². The van der Waals surface area contributed by atoms with Gasteiger partial charge in [-0.3, -0.25) is 0 Å². The van der Waals surface area contributed by atoms with Gasteiger partial charge < -0.3 is 10.2 Å². The maximum Gasteiger partial charge on any atom is 0.0454 e. The van der Waals surface area contributed by atoms with Gasteiger partial charge in [0.05, 0.1) is 0 Å². The molecule has 106 valence electrons. The van der Waals surface area contributed by atoms with Crippen LogP contribution in [0.3, 0.4) is 0 Å². The molecule has 0 aromatic heterocycles. The third-order valence-electron chi connectivity index (χ3n) is 3.36. The summed E-state index contributed by atoms with van der Waals surface area (Å²) in [6, 6.07) is 12.6. The van der Waals surface area contributed by atoms with Gasteiger partial charge in [0.25, 0.3) is 0 Å². The lowest BCUT2D eigenvalue weighted by Crippen LogP contribution is -2.15. The van der Waals surface area contributed by atoms with E-state index in [1.54, 1.807) is 0 Å². The van der Waals surface area contributed by atoms with Crippen molar-refractivity contribution in [1.82, 2.24) is 5.32 Å². The van der Waals surface area contributed by atoms with Crippen LogP contribution in [-0.4, -0.2) is 14.1 Å². The molecule has 0 fully saturated rings. The largest absolute Gasteiger partial charge is 0.344 e. The number of halogens is 1. The van der Waals surface area contributed by atoms with E-state index in [1.807, 2.05) is 19.2 Å². The van der Waals surface area contributed by atoms with E-state index < -0.39 is 0 Å². The molecule has 20 heavy (non-hydrogen) atoms. The van der Waals surface area contributed by atoms with Crippen molar-refractivity contribution in [2.75, 3.05) is 19.0 Å². The normalized spacial score (nSPS) is 10.7. The Labute approximate surface area is 126 Å². The van der Waals surface area contributed by atoms with Crippen molar-refractivity contribution in [2.45, 2.75) is 20.4 Å². The van der Waals surface area contributed by atoms with Crippen LogP contribution in [0.5, 0.6) is 0 Å². The molecule has 0 aliphatic heterocycles. The van der Waals surface area contributed by atoms with Crippen LogP contribution in [0, 0.1) is 13.8 Å². The van der Waals surface area contributed by atoms with E-state index in [9.17, 15) is 0 Å². The third kappa shape index (κ3) is 3.33. The first kappa shape index (κ1) is 14.9. The van der Waals surface area contributed by atoms with Crippen LogP contribution >= 0.6 is 11.6 Å². The predicted molar refractivity (Wildman–Crippen MR) is 88.2 cm³/mol. The van der Waals surface area contributed by atoms with Crippen LogP contribution in [0.15, 0.2) is 36.4 Å². The molecule has 2 nitrogen and oxygen atoms in total. The summed E-state index contributed by atoms with van der Waals surface area (Å²) in [6.07, 6.45) is 0. The van der Waals surface area contributed by atoms with Gasteiger partial charge in [0.15, 0.2) is 0 Å². The average Bonchev–Trinajstić information content (AvgIpc) is 2.37. The van der Waals surface area contributed by atoms with Crippen molar-refractivity contribution in [3.63, 3.8) is 0 Å². The summed E-state index contributed by atoms with van der Waals surface area (Å²) in [5, 5.41) is 3.97. The molecule has 0 aliphatic rings. The highest BCUT2D eigenvalue weighted by molar-refractivity contribution is 6.30. The van der Waals surface area contributed by atoms with Crippen molar-refractivity contribution in [2.24, 2.45) is 0 Å². The Morgan fingerprint density at radius 3 is 2.30 bits per heavy atom. The van der Waals surface area contributed by atoms with Crippen LogP contribution in [0.1, 0.15) is 16.7 Å². The Hall–Kier alpha value is -1.51. The molecular weight excluding hydrogens is 268 g/mol. The Bertz CT molecular complexity index is 588. The van der Waals surface area contributed by atoms with E-state index >= 15 is 0 Å². The molecule has 2 aromatic rings. The molecule has 2 rings (SSSR count). The lowest BCUT2D eigenvalue weighted by Gasteiger charge is -2.24. The van der Waals surface area contributed by atoms with Gasteiger partial charge in [0.2, 0.25) is 0 Å². The zero-order valence-electron chi connectivity index (χ0n) is 12.5. The molecule has 3 heteroatoms. The summed E-state index contributed by atoms with van der Waals surface area (Å²) >= 11 is 6.11. The third-order valence-corrected chi connectivity index (χ3v) is 3.60. The zero-order valence-corrected chi connectivity index (χ0v) is 13.3. The quantitative estimate of drug-likeness (QED) is 0.894. The molecule has 2 aromatic carbocycles. The standard InChI is InChI=1S/C17H21ClN2/c1-12-7-13(2)9-16(8-12)20(4)17-6-5-15(18)10-14(17)11-19-3/h5-10,19H,11H2,1-4H3. The second-order valence-electron chi connectivity index (χ2n) is 5.21. The van der Waals surface area contributed by atoms with E-state index in [1.165, 1.54) is 28.1 Å². The van der Waals surface area contributed by atoms with E-state index in [-0.39, 0.29) is 0 Å². The van der Waals surface area contributed by atoms with Gasteiger partial charge in [-0.05, 0) is 67.9 Å². The molecule has 0 aliphatic carbocycles. The van der Waals surface area contributed by atoms with Crippen LogP contribution in [0.25, 0.3) is 0 Å². The monoisotopic (exact) mass is 288 g/mol. The predicted octanol–water partition coefficient (Wildman–Crippen LogP) is 4.44. The molecule has 0 unspecified atom stereocenters. The summed E-state index contributed by atoms with van der Waals surface area (Å²) in [4.78, 5) is 2.21. The molecule has 0 spiro atoms. The molecular formula is C17H21ClN2. The van der Waals surface area contributed by atoms with Crippen molar-refractivity contribution < 1.29 is 0 Å². The first-order chi connectivity index (χ1) is 9.51. The van der Waals surface area contributed by atoms with Gasteiger partial charge in [0, 0.05) is 30.0 Å². The molecule has 1 N–H and O–H groups in total. The van der Waals surface area contributed by atoms with Crippen molar-refractivity contribution >= 4 is 23.0 Å². The van der Waals surface area contributed by atoms with Crippen LogP contribution in [0.4, 0.5) is 11.4 Å². The van der Waals surface area contributed by atoms with E-state index in [0.29, 0.717) is 0 Å². The second-order valence-corrected chi connectivity index (χ2v) is 5.64. The molecule has 0 amide bonds. The number of nitrogens with one attached hydrogen (secondary N) is 1. The number of nitrogens with zero attached hydrogens (tertiary/aromatic N) is 1. The summed E-state index contributed by atoms with van der Waals surface area (Å²) in [5.41, 5.74) is 6.12. The maximum atomic E-state index is 6.11. The molecule has 0 heterocycles. The van der Waals surface area contributed by atoms with Crippen LogP contribution < -0.4 is 10.2 Å². The van der Waals surface area contributed by atoms with E-state index in [4.69, 9.17) is 11.6 Å². The Morgan fingerprint density at radius 2 is 1.70 bits per heavy atom. The zero-order chi connectivity index (χ0) is 14.7. The molecule has 0 radical (unpaired) electrons. The van der Waals surface area contributed by atoms with Crippen molar-refractivity contribution in [3.8, 4) is 0 Å². The molecule has 0 saturated heterocycles. The number of aryl methyl sites for hydroxylation is 2. The van der Waals surface area contributed by atoms with Crippen LogP contribution in [0.2, 0.25) is 5.02 Å². The minimum absolute atomic E-state index is 0.771. The lowest BCUT2D eigenvalue weighted by molar-refractivity contribution is 0.816. The first-order valence-corrected chi connectivity index (χ1v) is 7.14.